The van der Waals surface area contributed by atoms with E-state index in [1.807, 2.05) is 6.92 Å². The zero-order chi connectivity index (χ0) is 13.8. The molecule has 2 aliphatic carbocycles. The van der Waals surface area contributed by atoms with Gasteiger partial charge in [-0.1, -0.05) is 33.3 Å². The molecule has 0 bridgehead atoms. The molecule has 0 saturated heterocycles. The SMILES string of the molecule is Cc1cc2c(cc1O)C1(C)CCCC(C)(C)C1CC2. The summed E-state index contributed by atoms with van der Waals surface area (Å²) in [6.07, 6.45) is 6.42. The van der Waals surface area contributed by atoms with Crippen molar-refractivity contribution >= 4 is 0 Å². The molecule has 1 heteroatoms. The van der Waals surface area contributed by atoms with Crippen LogP contribution in [0.3, 0.4) is 0 Å². The minimum Gasteiger partial charge on any atom is -0.508 e. The van der Waals surface area contributed by atoms with Gasteiger partial charge in [-0.3, -0.25) is 0 Å². The second-order valence-electron chi connectivity index (χ2n) is 7.65. The van der Waals surface area contributed by atoms with Crippen LogP contribution in [0, 0.1) is 18.3 Å². The first kappa shape index (κ1) is 13.0. The van der Waals surface area contributed by atoms with Gasteiger partial charge in [0.2, 0.25) is 0 Å². The number of phenols is 1. The zero-order valence-electron chi connectivity index (χ0n) is 12.7. The summed E-state index contributed by atoms with van der Waals surface area (Å²) in [7, 11) is 0. The second-order valence-corrected chi connectivity index (χ2v) is 7.65. The summed E-state index contributed by atoms with van der Waals surface area (Å²) in [5.74, 6) is 1.23. The van der Waals surface area contributed by atoms with Crippen LogP contribution >= 0.6 is 0 Å². The fourth-order valence-corrected chi connectivity index (χ4v) is 4.95. The number of rotatable bonds is 0. The molecule has 104 valence electrons. The molecular formula is C18H26O. The van der Waals surface area contributed by atoms with Crippen LogP contribution in [-0.2, 0) is 11.8 Å². The fourth-order valence-electron chi connectivity index (χ4n) is 4.95. The molecule has 0 amide bonds. The van der Waals surface area contributed by atoms with Crippen molar-refractivity contribution in [3.05, 3.63) is 28.8 Å². The third-order valence-electron chi connectivity index (χ3n) is 5.97. The van der Waals surface area contributed by atoms with Gasteiger partial charge in [0.25, 0.3) is 0 Å². The lowest BCUT2D eigenvalue weighted by Gasteiger charge is -2.54. The molecule has 2 unspecified atom stereocenters. The fraction of sp³-hybridized carbons (Fsp3) is 0.667. The molecule has 1 saturated carbocycles. The molecule has 0 heterocycles. The maximum absolute atomic E-state index is 10.1. The molecule has 19 heavy (non-hydrogen) atoms. The van der Waals surface area contributed by atoms with Gasteiger partial charge in [0.15, 0.2) is 0 Å². The van der Waals surface area contributed by atoms with E-state index in [0.717, 1.165) is 11.5 Å². The summed E-state index contributed by atoms with van der Waals surface area (Å²) in [4.78, 5) is 0. The highest BCUT2D eigenvalue weighted by Gasteiger charge is 2.49. The average molecular weight is 258 g/mol. The number of phenolic OH excluding ortho intramolecular Hbond substituents is 1. The maximum Gasteiger partial charge on any atom is 0.118 e. The first-order chi connectivity index (χ1) is 8.84. The topological polar surface area (TPSA) is 20.2 Å². The Morgan fingerprint density at radius 2 is 1.89 bits per heavy atom. The molecule has 1 aromatic rings. The Balaban J connectivity index is 2.14. The van der Waals surface area contributed by atoms with E-state index in [0.29, 0.717) is 11.2 Å². The van der Waals surface area contributed by atoms with Crippen LogP contribution in [0.1, 0.15) is 63.1 Å². The highest BCUT2D eigenvalue weighted by atomic mass is 16.3. The van der Waals surface area contributed by atoms with Crippen LogP contribution in [0.25, 0.3) is 0 Å². The third-order valence-corrected chi connectivity index (χ3v) is 5.97. The standard InChI is InChI=1S/C18H26O/c1-12-10-13-6-7-16-17(2,3)8-5-9-18(16,4)14(13)11-15(12)19/h10-11,16,19H,5-9H2,1-4H3. The average Bonchev–Trinajstić information content (AvgIpc) is 2.30. The molecule has 2 atom stereocenters. The summed E-state index contributed by atoms with van der Waals surface area (Å²) in [5, 5.41) is 10.1. The van der Waals surface area contributed by atoms with Crippen molar-refractivity contribution in [2.45, 2.75) is 65.2 Å². The van der Waals surface area contributed by atoms with Gasteiger partial charge in [0, 0.05) is 0 Å². The van der Waals surface area contributed by atoms with Crippen molar-refractivity contribution in [3.8, 4) is 5.75 Å². The third kappa shape index (κ3) is 1.81. The van der Waals surface area contributed by atoms with E-state index in [2.05, 4.69) is 32.9 Å². The predicted molar refractivity (Wildman–Crippen MR) is 79.6 cm³/mol. The molecule has 2 aliphatic rings. The second kappa shape index (κ2) is 4.01. The number of hydrogen-bond donors (Lipinski definition) is 1. The van der Waals surface area contributed by atoms with Gasteiger partial charge in [-0.15, -0.1) is 0 Å². The van der Waals surface area contributed by atoms with Gasteiger partial charge < -0.3 is 5.11 Å². The lowest BCUT2D eigenvalue weighted by atomic mass is 9.50. The first-order valence-electron chi connectivity index (χ1n) is 7.67. The summed E-state index contributed by atoms with van der Waals surface area (Å²) in [5.41, 5.74) is 4.63. The summed E-state index contributed by atoms with van der Waals surface area (Å²) < 4.78 is 0. The Morgan fingerprint density at radius 3 is 2.63 bits per heavy atom. The van der Waals surface area contributed by atoms with E-state index in [-0.39, 0.29) is 5.41 Å². The Morgan fingerprint density at radius 1 is 1.16 bits per heavy atom. The van der Waals surface area contributed by atoms with Crippen LogP contribution < -0.4 is 0 Å². The molecule has 0 spiro atoms. The van der Waals surface area contributed by atoms with Crippen molar-refractivity contribution < 1.29 is 5.11 Å². The molecule has 3 rings (SSSR count). The molecule has 0 aliphatic heterocycles. The Kier molecular flexibility index (Phi) is 2.75. The number of benzene rings is 1. The monoisotopic (exact) mass is 258 g/mol. The molecule has 0 radical (unpaired) electrons. The summed E-state index contributed by atoms with van der Waals surface area (Å²) in [6.45, 7) is 9.32. The first-order valence-corrected chi connectivity index (χ1v) is 7.67. The lowest BCUT2D eigenvalue weighted by molar-refractivity contribution is 0.0405. The van der Waals surface area contributed by atoms with E-state index in [9.17, 15) is 5.11 Å². The quantitative estimate of drug-likeness (QED) is 0.713. The van der Waals surface area contributed by atoms with E-state index in [1.165, 1.54) is 43.2 Å². The number of hydrogen-bond acceptors (Lipinski definition) is 1. The van der Waals surface area contributed by atoms with E-state index >= 15 is 0 Å². The van der Waals surface area contributed by atoms with Crippen LogP contribution in [-0.4, -0.2) is 5.11 Å². The van der Waals surface area contributed by atoms with E-state index in [4.69, 9.17) is 0 Å². The van der Waals surface area contributed by atoms with E-state index < -0.39 is 0 Å². The minimum absolute atomic E-state index is 0.264. The molecule has 1 fully saturated rings. The molecule has 0 aromatic heterocycles. The number of aryl methyl sites for hydroxylation is 2. The Labute approximate surface area is 117 Å². The van der Waals surface area contributed by atoms with Crippen molar-refractivity contribution in [2.75, 3.05) is 0 Å². The highest BCUT2D eigenvalue weighted by Crippen LogP contribution is 2.57. The van der Waals surface area contributed by atoms with Crippen molar-refractivity contribution in [1.29, 1.82) is 0 Å². The van der Waals surface area contributed by atoms with Crippen LogP contribution in [0.2, 0.25) is 0 Å². The summed E-state index contributed by atoms with van der Waals surface area (Å²) >= 11 is 0. The molecule has 1 aromatic carbocycles. The largest absolute Gasteiger partial charge is 0.508 e. The molecule has 1 N–H and O–H groups in total. The minimum atomic E-state index is 0.264. The van der Waals surface area contributed by atoms with E-state index in [1.54, 1.807) is 0 Å². The van der Waals surface area contributed by atoms with Crippen LogP contribution in [0.5, 0.6) is 5.75 Å². The predicted octanol–water partition coefficient (Wildman–Crippen LogP) is 4.73. The van der Waals surface area contributed by atoms with Crippen LogP contribution in [0.4, 0.5) is 0 Å². The molecular weight excluding hydrogens is 232 g/mol. The van der Waals surface area contributed by atoms with Gasteiger partial charge in [-0.25, -0.2) is 0 Å². The normalized spacial score (nSPS) is 32.5. The van der Waals surface area contributed by atoms with Gasteiger partial charge in [0.05, 0.1) is 0 Å². The number of fused-ring (bicyclic) bond motifs is 3. The zero-order valence-corrected chi connectivity index (χ0v) is 12.7. The van der Waals surface area contributed by atoms with Gasteiger partial charge in [-0.05, 0) is 72.1 Å². The lowest BCUT2D eigenvalue weighted by Crippen LogP contribution is -2.47. The van der Waals surface area contributed by atoms with Crippen molar-refractivity contribution in [3.63, 3.8) is 0 Å². The Bertz CT molecular complexity index is 515. The van der Waals surface area contributed by atoms with Gasteiger partial charge in [0.1, 0.15) is 5.75 Å². The highest BCUT2D eigenvalue weighted by molar-refractivity contribution is 5.47. The summed E-state index contributed by atoms with van der Waals surface area (Å²) in [6, 6.07) is 4.28. The maximum atomic E-state index is 10.1. The number of aromatic hydroxyl groups is 1. The molecule has 1 nitrogen and oxygen atoms in total. The van der Waals surface area contributed by atoms with Crippen molar-refractivity contribution in [1.82, 2.24) is 0 Å². The van der Waals surface area contributed by atoms with Crippen LogP contribution in [0.15, 0.2) is 12.1 Å². The van der Waals surface area contributed by atoms with Gasteiger partial charge >= 0.3 is 0 Å². The van der Waals surface area contributed by atoms with Crippen molar-refractivity contribution in [2.24, 2.45) is 11.3 Å². The smallest absolute Gasteiger partial charge is 0.118 e. The Hall–Kier alpha value is -0.980. The van der Waals surface area contributed by atoms with Gasteiger partial charge in [-0.2, -0.15) is 0 Å².